The lowest BCUT2D eigenvalue weighted by Crippen LogP contribution is -2.33. The molecule has 5 rings (SSSR count). The molecular formula is C22H15Br2ClN2O. The van der Waals surface area contributed by atoms with Gasteiger partial charge < -0.3 is 4.74 Å². The first-order chi connectivity index (χ1) is 13.6. The fourth-order valence-corrected chi connectivity index (χ4v) is 4.68. The van der Waals surface area contributed by atoms with Crippen LogP contribution in [0.15, 0.2) is 80.8 Å². The van der Waals surface area contributed by atoms with E-state index in [0.717, 1.165) is 43.5 Å². The SMILES string of the molecule is Clc1ccc2c(c1)[C@H]1CC(c3ccc(Br)cc3)=NN1[C@H](c1ccccc1Br)O2. The van der Waals surface area contributed by atoms with E-state index in [0.29, 0.717) is 5.02 Å². The normalized spacial score (nSPS) is 20.2. The average Bonchev–Trinajstić information content (AvgIpc) is 3.14. The molecule has 0 bridgehead atoms. The molecule has 0 aliphatic carbocycles. The van der Waals surface area contributed by atoms with E-state index in [1.165, 1.54) is 0 Å². The van der Waals surface area contributed by atoms with Crippen LogP contribution in [0, 0.1) is 0 Å². The van der Waals surface area contributed by atoms with E-state index in [1.807, 2.05) is 48.5 Å². The number of nitrogens with zero attached hydrogens (tertiary/aromatic N) is 2. The van der Waals surface area contributed by atoms with Crippen molar-refractivity contribution in [3.8, 4) is 5.75 Å². The minimum absolute atomic E-state index is 0.0817. The zero-order chi connectivity index (χ0) is 19.3. The van der Waals surface area contributed by atoms with Crippen LogP contribution in [0.5, 0.6) is 5.75 Å². The van der Waals surface area contributed by atoms with Crippen molar-refractivity contribution >= 4 is 49.2 Å². The van der Waals surface area contributed by atoms with Crippen LogP contribution in [0.3, 0.4) is 0 Å². The molecule has 2 aliphatic rings. The average molecular weight is 519 g/mol. The molecule has 3 nitrogen and oxygen atoms in total. The largest absolute Gasteiger partial charge is 0.464 e. The minimum Gasteiger partial charge on any atom is -0.464 e. The highest BCUT2D eigenvalue weighted by Crippen LogP contribution is 2.49. The Kier molecular flexibility index (Phi) is 4.69. The highest BCUT2D eigenvalue weighted by molar-refractivity contribution is 9.10. The number of fused-ring (bicyclic) bond motifs is 3. The van der Waals surface area contributed by atoms with Crippen LogP contribution in [0.4, 0.5) is 0 Å². The van der Waals surface area contributed by atoms with Gasteiger partial charge in [0, 0.05) is 31.5 Å². The molecule has 0 radical (unpaired) electrons. The van der Waals surface area contributed by atoms with E-state index in [-0.39, 0.29) is 12.3 Å². The molecule has 0 amide bonds. The van der Waals surface area contributed by atoms with Gasteiger partial charge in [-0.1, -0.05) is 73.8 Å². The number of ether oxygens (including phenoxy) is 1. The van der Waals surface area contributed by atoms with Crippen LogP contribution in [-0.4, -0.2) is 10.7 Å². The summed E-state index contributed by atoms with van der Waals surface area (Å²) >= 11 is 13.5. The fraction of sp³-hybridized carbons (Fsp3) is 0.136. The summed E-state index contributed by atoms with van der Waals surface area (Å²) in [6, 6.07) is 22.3. The summed E-state index contributed by atoms with van der Waals surface area (Å²) in [6.45, 7) is 0. The number of halogens is 3. The number of benzene rings is 3. The maximum Gasteiger partial charge on any atom is 0.214 e. The van der Waals surface area contributed by atoms with Gasteiger partial charge >= 0.3 is 0 Å². The van der Waals surface area contributed by atoms with Gasteiger partial charge in [0.2, 0.25) is 6.23 Å². The zero-order valence-corrected chi connectivity index (χ0v) is 18.6. The molecule has 3 aromatic carbocycles. The van der Waals surface area contributed by atoms with Gasteiger partial charge in [-0.05, 0) is 42.0 Å². The van der Waals surface area contributed by atoms with Crippen molar-refractivity contribution < 1.29 is 4.74 Å². The van der Waals surface area contributed by atoms with Crippen molar-refractivity contribution in [3.05, 3.63) is 97.4 Å². The molecular weight excluding hydrogens is 504 g/mol. The highest BCUT2D eigenvalue weighted by atomic mass is 79.9. The minimum atomic E-state index is -0.304. The number of hydrogen-bond acceptors (Lipinski definition) is 3. The molecule has 0 spiro atoms. The first-order valence-electron chi connectivity index (χ1n) is 8.92. The van der Waals surface area contributed by atoms with Crippen LogP contribution in [0.2, 0.25) is 5.02 Å². The van der Waals surface area contributed by atoms with Crippen molar-refractivity contribution in [1.82, 2.24) is 5.01 Å². The summed E-state index contributed by atoms with van der Waals surface area (Å²) in [7, 11) is 0. The summed E-state index contributed by atoms with van der Waals surface area (Å²) in [5, 5.41) is 7.76. The van der Waals surface area contributed by atoms with Gasteiger partial charge in [-0.2, -0.15) is 5.10 Å². The van der Waals surface area contributed by atoms with Gasteiger partial charge in [-0.3, -0.25) is 0 Å². The Morgan fingerprint density at radius 1 is 0.964 bits per heavy atom. The molecule has 28 heavy (non-hydrogen) atoms. The second-order valence-corrected chi connectivity index (χ2v) is 9.03. The third-order valence-corrected chi connectivity index (χ3v) is 6.59. The monoisotopic (exact) mass is 516 g/mol. The van der Waals surface area contributed by atoms with Crippen molar-refractivity contribution in [2.75, 3.05) is 0 Å². The van der Waals surface area contributed by atoms with E-state index in [1.54, 1.807) is 0 Å². The molecule has 0 saturated carbocycles. The Bertz CT molecular complexity index is 1080. The lowest BCUT2D eigenvalue weighted by molar-refractivity contribution is -0.0194. The fourth-order valence-electron chi connectivity index (χ4n) is 3.76. The quantitative estimate of drug-likeness (QED) is 0.361. The Balaban J connectivity index is 1.62. The van der Waals surface area contributed by atoms with Gasteiger partial charge in [-0.15, -0.1) is 0 Å². The number of rotatable bonds is 2. The maximum atomic E-state index is 6.39. The summed E-state index contributed by atoms with van der Waals surface area (Å²) in [5.74, 6) is 0.860. The highest BCUT2D eigenvalue weighted by Gasteiger charge is 2.41. The second-order valence-electron chi connectivity index (χ2n) is 6.83. The molecule has 140 valence electrons. The van der Waals surface area contributed by atoms with Crippen molar-refractivity contribution in [2.45, 2.75) is 18.7 Å². The van der Waals surface area contributed by atoms with Crippen LogP contribution in [0.25, 0.3) is 0 Å². The van der Waals surface area contributed by atoms with E-state index >= 15 is 0 Å². The number of hydrogen-bond donors (Lipinski definition) is 0. The van der Waals surface area contributed by atoms with Crippen molar-refractivity contribution in [3.63, 3.8) is 0 Å². The van der Waals surface area contributed by atoms with Crippen LogP contribution in [-0.2, 0) is 0 Å². The van der Waals surface area contributed by atoms with Gasteiger partial charge in [0.05, 0.1) is 11.8 Å². The van der Waals surface area contributed by atoms with Crippen LogP contribution in [0.1, 0.15) is 35.4 Å². The Morgan fingerprint density at radius 3 is 2.54 bits per heavy atom. The van der Waals surface area contributed by atoms with E-state index in [4.69, 9.17) is 21.4 Å². The first kappa shape index (κ1) is 18.2. The molecule has 3 aromatic rings. The Hall–Kier alpha value is -1.82. The second kappa shape index (κ2) is 7.21. The predicted molar refractivity (Wildman–Crippen MR) is 119 cm³/mol. The van der Waals surface area contributed by atoms with E-state index < -0.39 is 0 Å². The molecule has 0 N–H and O–H groups in total. The Labute approximate surface area is 185 Å². The molecule has 2 heterocycles. The smallest absolute Gasteiger partial charge is 0.214 e. The lowest BCUT2D eigenvalue weighted by Gasteiger charge is -2.38. The van der Waals surface area contributed by atoms with Gasteiger partial charge in [-0.25, -0.2) is 5.01 Å². The third-order valence-electron chi connectivity index (χ3n) is 5.10. The molecule has 0 saturated heterocycles. The van der Waals surface area contributed by atoms with Gasteiger partial charge in [0.15, 0.2) is 0 Å². The van der Waals surface area contributed by atoms with Crippen molar-refractivity contribution in [2.24, 2.45) is 5.10 Å². The topological polar surface area (TPSA) is 24.8 Å². The first-order valence-corrected chi connectivity index (χ1v) is 10.9. The summed E-state index contributed by atoms with van der Waals surface area (Å²) in [5.41, 5.74) is 4.29. The van der Waals surface area contributed by atoms with Gasteiger partial charge in [0.1, 0.15) is 5.75 Å². The summed E-state index contributed by atoms with van der Waals surface area (Å²) in [4.78, 5) is 0. The van der Waals surface area contributed by atoms with Crippen LogP contribution < -0.4 is 4.74 Å². The van der Waals surface area contributed by atoms with Crippen LogP contribution >= 0.6 is 43.5 Å². The van der Waals surface area contributed by atoms with E-state index in [9.17, 15) is 0 Å². The molecule has 0 fully saturated rings. The molecule has 0 aromatic heterocycles. The molecule has 2 aliphatic heterocycles. The lowest BCUT2D eigenvalue weighted by atomic mass is 9.96. The maximum absolute atomic E-state index is 6.39. The zero-order valence-electron chi connectivity index (χ0n) is 14.6. The molecule has 0 unspecified atom stereocenters. The number of hydrazone groups is 1. The van der Waals surface area contributed by atoms with Gasteiger partial charge in [0.25, 0.3) is 0 Å². The standard InChI is InChI=1S/C22H15Br2ClN2O/c23-14-7-5-13(6-8-14)19-12-20-17-11-15(25)9-10-21(17)28-22(27(20)26-19)16-3-1-2-4-18(16)24/h1-11,20,22H,12H2/t20-,22+/m1/s1. The predicted octanol–water partition coefficient (Wildman–Crippen LogP) is 7.11. The van der Waals surface area contributed by atoms with E-state index in [2.05, 4.69) is 55.1 Å². The summed E-state index contributed by atoms with van der Waals surface area (Å²) in [6.07, 6.45) is 0.501. The van der Waals surface area contributed by atoms with Crippen molar-refractivity contribution in [1.29, 1.82) is 0 Å². The summed E-state index contributed by atoms with van der Waals surface area (Å²) < 4.78 is 8.45. The molecule has 6 heteroatoms. The third kappa shape index (κ3) is 3.15. The molecule has 2 atom stereocenters. The Morgan fingerprint density at radius 2 is 1.75 bits per heavy atom.